The van der Waals surface area contributed by atoms with Crippen molar-refractivity contribution < 1.29 is 27.4 Å². The fraction of sp³-hybridized carbons (Fsp3) is 0.294. The van der Waals surface area contributed by atoms with Crippen molar-refractivity contribution in [3.05, 3.63) is 42.5 Å². The quantitative estimate of drug-likeness (QED) is 0.604. The number of alkyl halides is 3. The molecular formula is C17H18F3NO3. The van der Waals surface area contributed by atoms with Crippen LogP contribution in [0.2, 0.25) is 0 Å². The van der Waals surface area contributed by atoms with Gasteiger partial charge in [-0.05, 0) is 35.4 Å². The lowest BCUT2D eigenvalue weighted by Gasteiger charge is -2.15. The molecular weight excluding hydrogens is 323 g/mol. The zero-order valence-corrected chi connectivity index (χ0v) is 13.1. The average Bonchev–Trinajstić information content (AvgIpc) is 2.51. The maximum absolute atomic E-state index is 12.5. The van der Waals surface area contributed by atoms with Crippen molar-refractivity contribution in [2.75, 3.05) is 26.1 Å². The molecule has 0 saturated carbocycles. The van der Waals surface area contributed by atoms with Gasteiger partial charge in [0.15, 0.2) is 11.5 Å². The minimum Gasteiger partial charge on any atom is -0.490 e. The molecule has 0 unspecified atom stereocenters. The van der Waals surface area contributed by atoms with Crippen LogP contribution >= 0.6 is 0 Å². The Labute approximate surface area is 137 Å². The molecule has 0 saturated heterocycles. The molecule has 7 heteroatoms. The Hall–Kier alpha value is -2.41. The molecule has 24 heavy (non-hydrogen) atoms. The first-order valence-corrected chi connectivity index (χ1v) is 7.26. The van der Waals surface area contributed by atoms with Crippen LogP contribution < -0.4 is 15.2 Å². The van der Waals surface area contributed by atoms with E-state index in [0.29, 0.717) is 24.3 Å². The Morgan fingerprint density at radius 3 is 2.38 bits per heavy atom. The Morgan fingerprint density at radius 2 is 1.71 bits per heavy atom. The molecule has 0 amide bonds. The van der Waals surface area contributed by atoms with Crippen LogP contribution in [0.15, 0.2) is 42.5 Å². The second kappa shape index (κ2) is 7.92. The van der Waals surface area contributed by atoms with Crippen LogP contribution in [0, 0.1) is 0 Å². The Kier molecular flexibility index (Phi) is 5.92. The standard InChI is InChI=1S/C17H18F3NO3/c1-22-8-3-9-23-16-11-13(12-4-2-5-14(21)10-12)6-7-15(16)24-17(18,19)20/h2,4-7,10-11H,3,8-9,21H2,1H3. The monoisotopic (exact) mass is 341 g/mol. The fourth-order valence-electron chi connectivity index (χ4n) is 2.11. The Morgan fingerprint density at radius 1 is 0.958 bits per heavy atom. The van der Waals surface area contributed by atoms with Gasteiger partial charge in [-0.25, -0.2) is 0 Å². The van der Waals surface area contributed by atoms with Crippen molar-refractivity contribution in [2.24, 2.45) is 0 Å². The van der Waals surface area contributed by atoms with E-state index in [9.17, 15) is 13.2 Å². The molecule has 0 heterocycles. The molecule has 2 aromatic carbocycles. The molecule has 2 N–H and O–H groups in total. The van der Waals surface area contributed by atoms with Crippen molar-refractivity contribution >= 4 is 5.69 Å². The number of rotatable bonds is 7. The zero-order valence-electron chi connectivity index (χ0n) is 13.1. The molecule has 0 aromatic heterocycles. The van der Waals surface area contributed by atoms with Crippen LogP contribution in [-0.2, 0) is 4.74 Å². The molecule has 0 atom stereocenters. The van der Waals surface area contributed by atoms with Crippen LogP contribution in [0.1, 0.15) is 6.42 Å². The lowest BCUT2D eigenvalue weighted by molar-refractivity contribution is -0.275. The highest BCUT2D eigenvalue weighted by atomic mass is 19.4. The minimum atomic E-state index is -4.79. The number of halogens is 3. The van der Waals surface area contributed by atoms with Crippen molar-refractivity contribution in [2.45, 2.75) is 12.8 Å². The molecule has 0 aliphatic rings. The first kappa shape index (κ1) is 17.9. The highest BCUT2D eigenvalue weighted by Crippen LogP contribution is 2.36. The maximum atomic E-state index is 12.5. The van der Waals surface area contributed by atoms with Gasteiger partial charge in [0.25, 0.3) is 0 Å². The fourth-order valence-corrected chi connectivity index (χ4v) is 2.11. The van der Waals surface area contributed by atoms with E-state index in [1.807, 2.05) is 6.07 Å². The van der Waals surface area contributed by atoms with Gasteiger partial charge in [0.2, 0.25) is 0 Å². The summed E-state index contributed by atoms with van der Waals surface area (Å²) >= 11 is 0. The highest BCUT2D eigenvalue weighted by Gasteiger charge is 2.32. The number of ether oxygens (including phenoxy) is 3. The molecule has 0 aliphatic heterocycles. The summed E-state index contributed by atoms with van der Waals surface area (Å²) in [5.74, 6) is -0.365. The van der Waals surface area contributed by atoms with E-state index in [1.54, 1.807) is 25.3 Å². The molecule has 0 aliphatic carbocycles. The van der Waals surface area contributed by atoms with Gasteiger partial charge in [0.1, 0.15) is 0 Å². The number of anilines is 1. The van der Waals surface area contributed by atoms with E-state index in [1.165, 1.54) is 18.2 Å². The van der Waals surface area contributed by atoms with Crippen LogP contribution in [0.3, 0.4) is 0 Å². The highest BCUT2D eigenvalue weighted by molar-refractivity contribution is 5.70. The van der Waals surface area contributed by atoms with Gasteiger partial charge in [0.05, 0.1) is 6.61 Å². The van der Waals surface area contributed by atoms with E-state index >= 15 is 0 Å². The Balaban J connectivity index is 2.28. The minimum absolute atomic E-state index is 0.0170. The molecule has 0 fully saturated rings. The third-order valence-electron chi connectivity index (χ3n) is 3.14. The second-order valence-electron chi connectivity index (χ2n) is 5.03. The summed E-state index contributed by atoms with van der Waals surface area (Å²) in [7, 11) is 1.54. The summed E-state index contributed by atoms with van der Waals surface area (Å²) in [6.45, 7) is 0.660. The molecule has 2 rings (SSSR count). The lowest BCUT2D eigenvalue weighted by atomic mass is 10.0. The van der Waals surface area contributed by atoms with Gasteiger partial charge in [-0.2, -0.15) is 0 Å². The van der Waals surface area contributed by atoms with Crippen molar-refractivity contribution in [1.82, 2.24) is 0 Å². The first-order chi connectivity index (χ1) is 11.4. The van der Waals surface area contributed by atoms with Crippen LogP contribution in [-0.4, -0.2) is 26.7 Å². The normalized spacial score (nSPS) is 11.3. The van der Waals surface area contributed by atoms with Crippen molar-refractivity contribution in [1.29, 1.82) is 0 Å². The zero-order chi connectivity index (χ0) is 17.6. The molecule has 4 nitrogen and oxygen atoms in total. The van der Waals surface area contributed by atoms with E-state index in [2.05, 4.69) is 4.74 Å². The number of nitrogen functional groups attached to an aromatic ring is 1. The number of methoxy groups -OCH3 is 1. The van der Waals surface area contributed by atoms with Gasteiger partial charge >= 0.3 is 6.36 Å². The number of nitrogens with two attached hydrogens (primary N) is 1. The molecule has 0 bridgehead atoms. The number of benzene rings is 2. The van der Waals surface area contributed by atoms with Crippen LogP contribution in [0.5, 0.6) is 11.5 Å². The molecule has 0 radical (unpaired) electrons. The summed E-state index contributed by atoms with van der Waals surface area (Å²) in [6, 6.07) is 11.3. The predicted molar refractivity (Wildman–Crippen MR) is 85.0 cm³/mol. The summed E-state index contributed by atoms with van der Waals surface area (Å²) in [4.78, 5) is 0. The lowest BCUT2D eigenvalue weighted by Crippen LogP contribution is -2.18. The third kappa shape index (κ3) is 5.34. The SMILES string of the molecule is COCCCOc1cc(-c2cccc(N)c2)ccc1OC(F)(F)F. The van der Waals surface area contributed by atoms with E-state index in [4.69, 9.17) is 15.2 Å². The molecule has 0 spiro atoms. The largest absolute Gasteiger partial charge is 0.573 e. The van der Waals surface area contributed by atoms with Crippen LogP contribution in [0.4, 0.5) is 18.9 Å². The number of hydrogen-bond acceptors (Lipinski definition) is 4. The predicted octanol–water partition coefficient (Wildman–Crippen LogP) is 4.25. The second-order valence-corrected chi connectivity index (χ2v) is 5.03. The summed E-state index contributed by atoms with van der Waals surface area (Å²) in [6.07, 6.45) is -4.24. The summed E-state index contributed by atoms with van der Waals surface area (Å²) < 4.78 is 51.9. The molecule has 130 valence electrons. The first-order valence-electron chi connectivity index (χ1n) is 7.26. The van der Waals surface area contributed by atoms with Crippen molar-refractivity contribution in [3.63, 3.8) is 0 Å². The van der Waals surface area contributed by atoms with Crippen LogP contribution in [0.25, 0.3) is 11.1 Å². The van der Waals surface area contributed by atoms with E-state index in [0.717, 1.165) is 5.56 Å². The summed E-state index contributed by atoms with van der Waals surface area (Å²) in [5, 5.41) is 0. The third-order valence-corrected chi connectivity index (χ3v) is 3.14. The van der Waals surface area contributed by atoms with Gasteiger partial charge in [-0.3, -0.25) is 0 Å². The van der Waals surface area contributed by atoms with E-state index in [-0.39, 0.29) is 18.1 Å². The molecule has 2 aromatic rings. The van der Waals surface area contributed by atoms with Gasteiger partial charge in [-0.1, -0.05) is 18.2 Å². The number of hydrogen-bond donors (Lipinski definition) is 1. The van der Waals surface area contributed by atoms with Gasteiger partial charge in [0, 0.05) is 25.8 Å². The van der Waals surface area contributed by atoms with Crippen molar-refractivity contribution in [3.8, 4) is 22.6 Å². The van der Waals surface area contributed by atoms with Gasteiger partial charge in [-0.15, -0.1) is 13.2 Å². The van der Waals surface area contributed by atoms with E-state index < -0.39 is 6.36 Å². The topological polar surface area (TPSA) is 53.7 Å². The smallest absolute Gasteiger partial charge is 0.490 e. The summed E-state index contributed by atoms with van der Waals surface area (Å²) in [5.41, 5.74) is 7.76. The Bertz CT molecular complexity index is 674. The average molecular weight is 341 g/mol. The van der Waals surface area contributed by atoms with Gasteiger partial charge < -0.3 is 19.9 Å². The maximum Gasteiger partial charge on any atom is 0.573 e.